The SMILES string of the molecule is CC(C)c1ccc(-c2cccc3c2C=C(C(C)(C)C)[CH]3[Hf+2]2([CH]3C(C(C)(C)C)=Cc4c(-c5ccc(C(C)C)cc5)cccc43)[CH2][CH2]2)cc1.[Cl-].[Cl-]. The molecule has 4 aromatic rings. The van der Waals surface area contributed by atoms with E-state index < -0.39 is 20.0 Å². The Morgan fingerprint density at radius 3 is 1.14 bits per heavy atom. The van der Waals surface area contributed by atoms with Crippen molar-refractivity contribution in [2.24, 2.45) is 10.8 Å². The maximum atomic E-state index is 2.66. The van der Waals surface area contributed by atoms with Crippen LogP contribution in [0.4, 0.5) is 0 Å². The Balaban J connectivity index is 0.00000234. The van der Waals surface area contributed by atoms with Crippen LogP contribution in [0.3, 0.4) is 0 Å². The van der Waals surface area contributed by atoms with Gasteiger partial charge in [-0.05, 0) is 0 Å². The average Bonchev–Trinajstić information content (AvgIpc) is 3.52. The minimum Gasteiger partial charge on any atom is -1.00 e. The van der Waals surface area contributed by atoms with Gasteiger partial charge in [-0.2, -0.15) is 0 Å². The van der Waals surface area contributed by atoms with Gasteiger partial charge in [0.25, 0.3) is 0 Å². The summed E-state index contributed by atoms with van der Waals surface area (Å²) in [5.74, 6) is 1.09. The van der Waals surface area contributed by atoms with Crippen LogP contribution in [0.5, 0.6) is 0 Å². The first-order chi connectivity index (χ1) is 22.2. The molecule has 49 heavy (non-hydrogen) atoms. The zero-order valence-corrected chi connectivity index (χ0v) is 36.3. The number of benzene rings is 4. The Labute approximate surface area is 314 Å². The molecule has 2 unspecified atom stereocenters. The van der Waals surface area contributed by atoms with Crippen molar-refractivity contribution >= 4 is 12.2 Å². The second-order valence-corrected chi connectivity index (χ2v) is 34.1. The van der Waals surface area contributed by atoms with Crippen molar-refractivity contribution in [1.29, 1.82) is 0 Å². The molecular formula is C46H54Cl2Hf. The maximum Gasteiger partial charge on any atom is -1.00 e. The molecule has 2 aliphatic carbocycles. The van der Waals surface area contributed by atoms with Crippen molar-refractivity contribution in [3.8, 4) is 22.3 Å². The van der Waals surface area contributed by atoms with Gasteiger partial charge in [0.1, 0.15) is 0 Å². The number of halogens is 2. The Bertz CT molecular complexity index is 1750. The van der Waals surface area contributed by atoms with Crippen molar-refractivity contribution in [2.45, 2.75) is 96.8 Å². The summed E-state index contributed by atoms with van der Waals surface area (Å²) in [6.07, 6.45) is 5.32. The second kappa shape index (κ2) is 13.7. The third kappa shape index (κ3) is 6.67. The van der Waals surface area contributed by atoms with E-state index in [1.54, 1.807) is 22.3 Å². The molecule has 0 saturated carbocycles. The predicted molar refractivity (Wildman–Crippen MR) is 202 cm³/mol. The number of fused-ring (bicyclic) bond motifs is 2. The molecule has 0 radical (unpaired) electrons. The zero-order valence-electron chi connectivity index (χ0n) is 31.2. The summed E-state index contributed by atoms with van der Waals surface area (Å²) in [5.41, 5.74) is 18.3. The quantitative estimate of drug-likeness (QED) is 0.173. The van der Waals surface area contributed by atoms with Crippen molar-refractivity contribution in [1.82, 2.24) is 0 Å². The van der Waals surface area contributed by atoms with Crippen LogP contribution in [0, 0.1) is 10.8 Å². The first kappa shape index (κ1) is 38.1. The van der Waals surface area contributed by atoms with E-state index in [1.165, 1.54) is 52.9 Å². The Kier molecular flexibility index (Phi) is 10.7. The van der Waals surface area contributed by atoms with E-state index in [4.69, 9.17) is 0 Å². The summed E-state index contributed by atoms with van der Waals surface area (Å²) in [5, 5.41) is 0. The van der Waals surface area contributed by atoms with Gasteiger partial charge in [0, 0.05) is 0 Å². The summed E-state index contributed by atoms with van der Waals surface area (Å²) in [4.78, 5) is 0. The van der Waals surface area contributed by atoms with Gasteiger partial charge in [0.2, 0.25) is 0 Å². The van der Waals surface area contributed by atoms with E-state index >= 15 is 0 Å². The summed E-state index contributed by atoms with van der Waals surface area (Å²) in [6, 6.07) is 33.3. The number of hydrogen-bond acceptors (Lipinski definition) is 0. The fraction of sp³-hybridized carbons (Fsp3) is 0.391. The Morgan fingerprint density at radius 2 is 0.857 bits per heavy atom. The Morgan fingerprint density at radius 1 is 0.510 bits per heavy atom. The summed E-state index contributed by atoms with van der Waals surface area (Å²) >= 11 is -3.09. The molecule has 0 nitrogen and oxygen atoms in total. The molecule has 0 spiro atoms. The standard InChI is InChI=1S/2C22H25.C2H4.2ClH.Hf/c2*1-15(2)16-9-11-17(12-10-16)20-8-6-7-18-13-19(14-21(18)20)22(3,4)5;1-2;;;/h2*6-15H,1-5H3;1-2H2;2*1H;/q;;;;;+2/p-2. The van der Waals surface area contributed by atoms with Crippen molar-refractivity contribution in [2.75, 3.05) is 0 Å². The fourth-order valence-electron chi connectivity index (χ4n) is 8.83. The molecule has 3 heteroatoms. The molecule has 1 heterocycles. The molecular weight excluding hydrogens is 802 g/mol. The van der Waals surface area contributed by atoms with Crippen LogP contribution in [0.15, 0.2) is 96.1 Å². The smallest absolute Gasteiger partial charge is 1.00 e. The summed E-state index contributed by atoms with van der Waals surface area (Å²) in [7, 11) is 0. The molecule has 256 valence electrons. The minimum absolute atomic E-state index is 0. The molecule has 0 aromatic heterocycles. The van der Waals surface area contributed by atoms with E-state index in [0.29, 0.717) is 19.2 Å². The first-order valence-electron chi connectivity index (χ1n) is 18.1. The van der Waals surface area contributed by atoms with E-state index in [9.17, 15) is 0 Å². The molecule has 7 rings (SSSR count). The van der Waals surface area contributed by atoms with Gasteiger partial charge in [0.15, 0.2) is 0 Å². The van der Waals surface area contributed by atoms with Crippen LogP contribution in [-0.4, -0.2) is 0 Å². The Hall–Kier alpha value is -2.19. The normalized spacial score (nSPS) is 18.4. The molecule has 2 atom stereocenters. The first-order valence-corrected chi connectivity index (χ1v) is 27.3. The van der Waals surface area contributed by atoms with Crippen molar-refractivity contribution < 1.29 is 44.8 Å². The molecule has 4 aromatic carbocycles. The van der Waals surface area contributed by atoms with Crippen LogP contribution in [0.1, 0.15) is 122 Å². The minimum atomic E-state index is -3.09. The average molecular weight is 856 g/mol. The van der Waals surface area contributed by atoms with Gasteiger partial charge in [0.05, 0.1) is 0 Å². The molecule has 0 amide bonds. The van der Waals surface area contributed by atoms with E-state index in [1.807, 2.05) is 0 Å². The summed E-state index contributed by atoms with van der Waals surface area (Å²) < 4.78 is 4.23. The van der Waals surface area contributed by atoms with Crippen LogP contribution >= 0.6 is 0 Å². The van der Waals surface area contributed by atoms with E-state index in [-0.39, 0.29) is 35.6 Å². The fourth-order valence-corrected chi connectivity index (χ4v) is 38.1. The topological polar surface area (TPSA) is 0 Å². The molecule has 1 aliphatic heterocycles. The van der Waals surface area contributed by atoms with Crippen LogP contribution in [0.25, 0.3) is 34.4 Å². The van der Waals surface area contributed by atoms with Gasteiger partial charge in [-0.15, -0.1) is 0 Å². The summed E-state index contributed by atoms with van der Waals surface area (Å²) in [6.45, 7) is 24.0. The second-order valence-electron chi connectivity index (χ2n) is 17.5. The van der Waals surface area contributed by atoms with Gasteiger partial charge >= 0.3 is 291 Å². The number of hydrogen-bond donors (Lipinski definition) is 0. The van der Waals surface area contributed by atoms with Gasteiger partial charge in [-0.25, -0.2) is 0 Å². The third-order valence-electron chi connectivity index (χ3n) is 11.6. The monoisotopic (exact) mass is 856 g/mol. The number of rotatable bonds is 6. The maximum absolute atomic E-state index is 3.09. The van der Waals surface area contributed by atoms with Crippen LogP contribution < -0.4 is 24.8 Å². The molecule has 1 fully saturated rings. The van der Waals surface area contributed by atoms with Crippen LogP contribution in [0.2, 0.25) is 8.35 Å². The van der Waals surface area contributed by atoms with Crippen LogP contribution in [-0.2, 0) is 20.0 Å². The van der Waals surface area contributed by atoms with Gasteiger partial charge in [-0.3, -0.25) is 0 Å². The molecule has 1 saturated heterocycles. The third-order valence-corrected chi connectivity index (χ3v) is 30.3. The molecule has 3 aliphatic rings. The molecule has 0 N–H and O–H groups in total. The van der Waals surface area contributed by atoms with Gasteiger partial charge < -0.3 is 24.8 Å². The van der Waals surface area contributed by atoms with Gasteiger partial charge in [-0.1, -0.05) is 0 Å². The number of allylic oxidation sites excluding steroid dienone is 2. The zero-order chi connectivity index (χ0) is 33.5. The van der Waals surface area contributed by atoms with E-state index in [2.05, 4.69) is 166 Å². The van der Waals surface area contributed by atoms with E-state index in [0.717, 1.165) is 0 Å². The predicted octanol–water partition coefficient (Wildman–Crippen LogP) is 7.95. The van der Waals surface area contributed by atoms with Crippen molar-refractivity contribution in [3.63, 3.8) is 0 Å². The molecule has 0 bridgehead atoms. The largest absolute Gasteiger partial charge is 1.00 e. The van der Waals surface area contributed by atoms with Crippen molar-refractivity contribution in [3.05, 3.63) is 129 Å².